The molecule has 0 atom stereocenters. The first-order chi connectivity index (χ1) is 13.1. The number of aliphatic hydroxyl groups is 2. The fourth-order valence-electron chi connectivity index (χ4n) is 2.74. The van der Waals surface area contributed by atoms with Crippen LogP contribution in [0.25, 0.3) is 0 Å². The summed E-state index contributed by atoms with van der Waals surface area (Å²) >= 11 is 0. The maximum atomic E-state index is 9.25. The van der Waals surface area contributed by atoms with Crippen LogP contribution in [-0.4, -0.2) is 54.0 Å². The molecule has 142 valence electrons. The zero-order valence-electron chi connectivity index (χ0n) is 15.2. The van der Waals surface area contributed by atoms with Crippen LogP contribution in [0.3, 0.4) is 0 Å². The molecule has 0 fully saturated rings. The molecule has 0 aromatic heterocycles. The molecule has 0 radical (unpaired) electrons. The first-order valence-electron chi connectivity index (χ1n) is 9.04. The Labute approximate surface area is 159 Å². The van der Waals surface area contributed by atoms with Gasteiger partial charge < -0.3 is 20.7 Å². The van der Waals surface area contributed by atoms with E-state index >= 15 is 0 Å². The molecule has 2 aromatic carbocycles. The summed E-state index contributed by atoms with van der Waals surface area (Å²) in [5.41, 5.74) is 7.96. The lowest BCUT2D eigenvalue weighted by atomic mass is 9.94. The Morgan fingerprint density at radius 1 is 0.926 bits per heavy atom. The highest BCUT2D eigenvalue weighted by molar-refractivity contribution is 6.38. The van der Waals surface area contributed by atoms with Crippen molar-refractivity contribution in [2.75, 3.05) is 26.3 Å². The minimum absolute atomic E-state index is 0.237. The fourth-order valence-corrected chi connectivity index (χ4v) is 2.74. The molecule has 1 aliphatic rings. The minimum Gasteiger partial charge on any atom is -0.457 e. The molecule has 27 heavy (non-hydrogen) atoms. The van der Waals surface area contributed by atoms with Gasteiger partial charge in [0.1, 0.15) is 11.5 Å². The molecule has 4 N–H and O–H groups in total. The number of hydrogen-bond acceptors (Lipinski definition) is 6. The topological polar surface area (TPSA) is 100 Å². The maximum absolute atomic E-state index is 9.25. The number of aliphatic hydroxyl groups excluding tert-OH is 2. The number of benzene rings is 2. The van der Waals surface area contributed by atoms with Gasteiger partial charge in [-0.05, 0) is 54.8 Å². The number of rotatable bonds is 8. The van der Waals surface area contributed by atoms with Crippen molar-refractivity contribution in [1.29, 1.82) is 0 Å². The summed E-state index contributed by atoms with van der Waals surface area (Å²) in [4.78, 5) is 8.71. The first kappa shape index (κ1) is 19.2. The molecular weight excluding hydrogens is 342 g/mol. The smallest absolute Gasteiger partial charge is 0.127 e. The molecule has 0 bridgehead atoms. The van der Waals surface area contributed by atoms with E-state index in [1.807, 2.05) is 54.7 Å². The van der Waals surface area contributed by atoms with E-state index in [2.05, 4.69) is 9.98 Å². The quantitative estimate of drug-likeness (QED) is 0.664. The van der Waals surface area contributed by atoms with Gasteiger partial charge in [-0.15, -0.1) is 0 Å². The van der Waals surface area contributed by atoms with Crippen LogP contribution < -0.4 is 10.5 Å². The lowest BCUT2D eigenvalue weighted by Gasteiger charge is -2.24. The lowest BCUT2D eigenvalue weighted by Crippen LogP contribution is -2.47. The Balaban J connectivity index is 1.58. The van der Waals surface area contributed by atoms with Crippen LogP contribution in [0, 0.1) is 0 Å². The molecule has 2 aromatic rings. The molecular formula is C21H25N3O3. The van der Waals surface area contributed by atoms with Crippen LogP contribution in [0.4, 0.5) is 0 Å². The van der Waals surface area contributed by atoms with E-state index in [0.717, 1.165) is 41.4 Å². The van der Waals surface area contributed by atoms with Crippen molar-refractivity contribution in [2.45, 2.75) is 18.4 Å². The number of nitrogens with zero attached hydrogens (tertiary/aromatic N) is 2. The van der Waals surface area contributed by atoms with Crippen molar-refractivity contribution in [1.82, 2.24) is 0 Å². The third-order valence-corrected chi connectivity index (χ3v) is 4.58. The first-order valence-corrected chi connectivity index (χ1v) is 9.04. The lowest BCUT2D eigenvalue weighted by molar-refractivity contribution is 0.115. The number of aryl methyl sites for hydroxylation is 1. The van der Waals surface area contributed by atoms with Gasteiger partial charge in [0, 0.05) is 11.8 Å². The van der Waals surface area contributed by atoms with Crippen LogP contribution in [0.1, 0.15) is 17.5 Å². The molecule has 6 nitrogen and oxygen atoms in total. The number of nitrogens with two attached hydrogens (primary N) is 1. The third kappa shape index (κ3) is 5.23. The molecule has 0 saturated heterocycles. The van der Waals surface area contributed by atoms with Gasteiger partial charge in [-0.25, -0.2) is 0 Å². The van der Waals surface area contributed by atoms with Crippen molar-refractivity contribution < 1.29 is 14.9 Å². The Morgan fingerprint density at radius 2 is 1.56 bits per heavy atom. The highest BCUT2D eigenvalue weighted by atomic mass is 16.5. The minimum atomic E-state index is -0.940. The van der Waals surface area contributed by atoms with Gasteiger partial charge in [-0.3, -0.25) is 9.98 Å². The van der Waals surface area contributed by atoms with Gasteiger partial charge in [-0.2, -0.15) is 0 Å². The summed E-state index contributed by atoms with van der Waals surface area (Å²) in [6.45, 7) is 1.02. The molecule has 1 heterocycles. The number of hydrogen-bond donors (Lipinski definition) is 3. The maximum Gasteiger partial charge on any atom is 0.127 e. The van der Waals surface area contributed by atoms with Crippen LogP contribution in [0.2, 0.25) is 0 Å². The van der Waals surface area contributed by atoms with Crippen molar-refractivity contribution >= 4 is 11.9 Å². The van der Waals surface area contributed by atoms with Crippen molar-refractivity contribution in [2.24, 2.45) is 15.7 Å². The zero-order valence-corrected chi connectivity index (χ0v) is 15.2. The second-order valence-electron chi connectivity index (χ2n) is 6.75. The van der Waals surface area contributed by atoms with Crippen LogP contribution >= 0.6 is 0 Å². The van der Waals surface area contributed by atoms with E-state index in [-0.39, 0.29) is 13.2 Å². The van der Waals surface area contributed by atoms with Crippen LogP contribution in [-0.2, 0) is 6.42 Å². The predicted octanol–water partition coefficient (Wildman–Crippen LogP) is 1.97. The third-order valence-electron chi connectivity index (χ3n) is 4.58. The normalized spacial score (nSPS) is 14.1. The summed E-state index contributed by atoms with van der Waals surface area (Å²) in [7, 11) is 0. The van der Waals surface area contributed by atoms with E-state index in [9.17, 15) is 10.2 Å². The molecule has 6 heteroatoms. The molecule has 0 saturated carbocycles. The average molecular weight is 367 g/mol. The Hall–Kier alpha value is -2.54. The van der Waals surface area contributed by atoms with Crippen LogP contribution in [0.5, 0.6) is 11.5 Å². The van der Waals surface area contributed by atoms with Gasteiger partial charge in [0.2, 0.25) is 0 Å². The summed E-state index contributed by atoms with van der Waals surface area (Å²) in [5.74, 6) is 1.49. The van der Waals surface area contributed by atoms with E-state index < -0.39 is 5.54 Å². The standard InChI is InChI=1S/C21H25N3O3/c22-21(14-25,15-26)10-9-16-1-5-18(6-2-16)27-19-7-3-17(4-8-19)20-13-23-11-12-24-20/h1-8,13,25-26H,9-12,14-15,22H2. The Bertz CT molecular complexity index is 794. The van der Waals surface area contributed by atoms with Crippen LogP contribution in [0.15, 0.2) is 58.5 Å². The van der Waals surface area contributed by atoms with E-state index in [1.54, 1.807) is 0 Å². The molecule has 0 aliphatic carbocycles. The molecule has 3 rings (SSSR count). The van der Waals surface area contributed by atoms with Crippen molar-refractivity contribution in [3.05, 3.63) is 59.7 Å². The Morgan fingerprint density at radius 3 is 2.11 bits per heavy atom. The average Bonchev–Trinajstić information content (AvgIpc) is 2.74. The molecule has 0 unspecified atom stereocenters. The van der Waals surface area contributed by atoms with E-state index in [1.165, 1.54) is 0 Å². The summed E-state index contributed by atoms with van der Waals surface area (Å²) in [6, 6.07) is 15.5. The Kier molecular flexibility index (Phi) is 6.34. The number of ether oxygens (including phenoxy) is 1. The van der Waals surface area contributed by atoms with Gasteiger partial charge in [-0.1, -0.05) is 12.1 Å². The predicted molar refractivity (Wildman–Crippen MR) is 107 cm³/mol. The monoisotopic (exact) mass is 367 g/mol. The zero-order chi connectivity index (χ0) is 19.1. The summed E-state index contributed by atoms with van der Waals surface area (Å²) < 4.78 is 5.89. The SMILES string of the molecule is NC(CO)(CO)CCc1ccc(Oc2ccc(C3=NCCN=C3)cc2)cc1. The molecule has 1 aliphatic heterocycles. The largest absolute Gasteiger partial charge is 0.457 e. The van der Waals surface area contributed by atoms with Crippen molar-refractivity contribution in [3.8, 4) is 11.5 Å². The highest BCUT2D eigenvalue weighted by Crippen LogP contribution is 2.23. The van der Waals surface area contributed by atoms with Gasteiger partial charge in [0.15, 0.2) is 0 Å². The van der Waals surface area contributed by atoms with E-state index in [4.69, 9.17) is 10.5 Å². The molecule has 0 amide bonds. The summed E-state index contributed by atoms with van der Waals surface area (Å²) in [6.07, 6.45) is 2.99. The molecule has 0 spiro atoms. The van der Waals surface area contributed by atoms with Crippen molar-refractivity contribution in [3.63, 3.8) is 0 Å². The van der Waals surface area contributed by atoms with Gasteiger partial charge in [0.05, 0.1) is 37.6 Å². The van der Waals surface area contributed by atoms with Gasteiger partial charge in [0.25, 0.3) is 0 Å². The fraction of sp³-hybridized carbons (Fsp3) is 0.333. The highest BCUT2D eigenvalue weighted by Gasteiger charge is 2.22. The second kappa shape index (κ2) is 8.90. The second-order valence-corrected chi connectivity index (χ2v) is 6.75. The summed E-state index contributed by atoms with van der Waals surface area (Å²) in [5, 5.41) is 18.5. The van der Waals surface area contributed by atoms with E-state index in [0.29, 0.717) is 12.8 Å². The van der Waals surface area contributed by atoms with Gasteiger partial charge >= 0.3 is 0 Å². The number of aliphatic imine (C=N–C) groups is 2.